The zero-order chi connectivity index (χ0) is 12.5. The van der Waals surface area contributed by atoms with Crippen molar-refractivity contribution < 1.29 is 14.3 Å². The van der Waals surface area contributed by atoms with Gasteiger partial charge in [-0.05, 0) is 19.1 Å². The van der Waals surface area contributed by atoms with Crippen LogP contribution >= 0.6 is 0 Å². The van der Waals surface area contributed by atoms with Crippen LogP contribution in [-0.2, 0) is 6.54 Å². The molecule has 2 N–H and O–H groups in total. The van der Waals surface area contributed by atoms with Gasteiger partial charge < -0.3 is 14.3 Å². The first kappa shape index (κ1) is 11.1. The quantitative estimate of drug-likeness (QED) is 0.866. The number of hydrogen-bond acceptors (Lipinski definition) is 5. The molecule has 1 unspecified atom stereocenters. The molecule has 0 spiro atoms. The van der Waals surface area contributed by atoms with Crippen LogP contribution in [-0.4, -0.2) is 16.7 Å². The number of nitrogens with zero attached hydrogens (tertiary/aromatic N) is 1. The van der Waals surface area contributed by atoms with E-state index in [-0.39, 0.29) is 11.8 Å². The average Bonchev–Trinajstić information content (AvgIpc) is 2.92. The molecule has 94 valence electrons. The molecule has 0 radical (unpaired) electrons. The van der Waals surface area contributed by atoms with E-state index in [0.29, 0.717) is 19.0 Å². The number of aromatic nitrogens is 1. The first-order valence-corrected chi connectivity index (χ1v) is 5.83. The van der Waals surface area contributed by atoms with E-state index < -0.39 is 0 Å². The van der Waals surface area contributed by atoms with E-state index in [4.69, 9.17) is 9.15 Å². The Morgan fingerprint density at radius 2 is 2.39 bits per heavy atom. The van der Waals surface area contributed by atoms with Crippen molar-refractivity contribution in [2.24, 2.45) is 0 Å². The molecule has 18 heavy (non-hydrogen) atoms. The fourth-order valence-corrected chi connectivity index (χ4v) is 2.06. The van der Waals surface area contributed by atoms with E-state index in [9.17, 15) is 5.11 Å². The zero-order valence-corrected chi connectivity index (χ0v) is 10.0. The molecule has 0 saturated carbocycles. The van der Waals surface area contributed by atoms with Gasteiger partial charge in [0.05, 0.1) is 18.8 Å². The van der Waals surface area contributed by atoms with Crippen LogP contribution in [0.2, 0.25) is 0 Å². The molecule has 1 aromatic carbocycles. The highest BCUT2D eigenvalue weighted by Gasteiger charge is 2.24. The number of phenols is 1. The Kier molecular flexibility index (Phi) is 2.68. The standard InChI is InChI=1S/C13H14N2O3/c1-8-5-15-13(18-8)6-14-11-7-17-12-4-9(16)2-3-10(11)12/h2-5,11,14,16H,6-7H2,1H3. The Bertz CT molecular complexity index is 565. The molecular weight excluding hydrogens is 232 g/mol. The summed E-state index contributed by atoms with van der Waals surface area (Å²) in [5, 5.41) is 12.7. The van der Waals surface area contributed by atoms with Crippen LogP contribution in [0.4, 0.5) is 0 Å². The number of rotatable bonds is 3. The maximum Gasteiger partial charge on any atom is 0.208 e. The summed E-state index contributed by atoms with van der Waals surface area (Å²) in [4.78, 5) is 4.14. The molecule has 0 bridgehead atoms. The summed E-state index contributed by atoms with van der Waals surface area (Å²) >= 11 is 0. The molecule has 2 aromatic rings. The number of fused-ring (bicyclic) bond motifs is 1. The second kappa shape index (κ2) is 4.34. The molecule has 0 amide bonds. The van der Waals surface area contributed by atoms with Gasteiger partial charge in [0.2, 0.25) is 5.89 Å². The number of aryl methyl sites for hydroxylation is 1. The van der Waals surface area contributed by atoms with Crippen LogP contribution < -0.4 is 10.1 Å². The summed E-state index contributed by atoms with van der Waals surface area (Å²) in [5.74, 6) is 2.42. The molecular formula is C13H14N2O3. The van der Waals surface area contributed by atoms with Crippen LogP contribution in [0.5, 0.6) is 11.5 Å². The number of nitrogens with one attached hydrogen (secondary N) is 1. The Balaban J connectivity index is 1.69. The number of ether oxygens (including phenoxy) is 1. The van der Waals surface area contributed by atoms with Crippen molar-refractivity contribution in [3.63, 3.8) is 0 Å². The minimum absolute atomic E-state index is 0.104. The lowest BCUT2D eigenvalue weighted by Gasteiger charge is -2.09. The Labute approximate surface area is 104 Å². The van der Waals surface area contributed by atoms with Gasteiger partial charge in [0.15, 0.2) is 0 Å². The predicted molar refractivity (Wildman–Crippen MR) is 64.4 cm³/mol. The van der Waals surface area contributed by atoms with Gasteiger partial charge in [-0.25, -0.2) is 4.98 Å². The number of oxazole rings is 1. The topological polar surface area (TPSA) is 67.5 Å². The summed E-state index contributed by atoms with van der Waals surface area (Å²) in [5.41, 5.74) is 1.05. The number of aromatic hydroxyl groups is 1. The van der Waals surface area contributed by atoms with Crippen LogP contribution in [0.3, 0.4) is 0 Å². The van der Waals surface area contributed by atoms with Crippen molar-refractivity contribution in [1.29, 1.82) is 0 Å². The normalized spacial score (nSPS) is 17.5. The van der Waals surface area contributed by atoms with E-state index in [0.717, 1.165) is 17.1 Å². The highest BCUT2D eigenvalue weighted by Crippen LogP contribution is 2.34. The maximum atomic E-state index is 9.37. The minimum atomic E-state index is 0.104. The van der Waals surface area contributed by atoms with E-state index in [1.54, 1.807) is 18.3 Å². The average molecular weight is 246 g/mol. The van der Waals surface area contributed by atoms with Gasteiger partial charge in [-0.3, -0.25) is 5.32 Å². The van der Waals surface area contributed by atoms with Crippen LogP contribution in [0, 0.1) is 6.92 Å². The molecule has 5 heteroatoms. The predicted octanol–water partition coefficient (Wildman–Crippen LogP) is 1.91. The van der Waals surface area contributed by atoms with Crippen LogP contribution in [0.1, 0.15) is 23.3 Å². The second-order valence-electron chi connectivity index (χ2n) is 4.33. The van der Waals surface area contributed by atoms with Gasteiger partial charge in [0, 0.05) is 11.6 Å². The van der Waals surface area contributed by atoms with Gasteiger partial charge >= 0.3 is 0 Å². The third-order valence-electron chi connectivity index (χ3n) is 2.95. The largest absolute Gasteiger partial charge is 0.508 e. The van der Waals surface area contributed by atoms with Gasteiger partial charge in [-0.15, -0.1) is 0 Å². The number of benzene rings is 1. The van der Waals surface area contributed by atoms with Crippen LogP contribution in [0.25, 0.3) is 0 Å². The number of phenolic OH excluding ortho intramolecular Hbond substituents is 1. The molecule has 3 rings (SSSR count). The van der Waals surface area contributed by atoms with Gasteiger partial charge in [-0.2, -0.15) is 0 Å². The van der Waals surface area contributed by atoms with E-state index in [2.05, 4.69) is 10.3 Å². The Morgan fingerprint density at radius 1 is 1.50 bits per heavy atom. The molecule has 0 fully saturated rings. The zero-order valence-electron chi connectivity index (χ0n) is 10.0. The lowest BCUT2D eigenvalue weighted by Crippen LogP contribution is -2.22. The first-order chi connectivity index (χ1) is 8.72. The summed E-state index contributed by atoms with van der Waals surface area (Å²) in [6.45, 7) is 2.98. The van der Waals surface area contributed by atoms with E-state index >= 15 is 0 Å². The van der Waals surface area contributed by atoms with Crippen molar-refractivity contribution in [1.82, 2.24) is 10.3 Å². The Hall–Kier alpha value is -2.01. The number of hydrogen-bond donors (Lipinski definition) is 2. The molecule has 1 aliphatic rings. The lowest BCUT2D eigenvalue weighted by atomic mass is 10.1. The third-order valence-corrected chi connectivity index (χ3v) is 2.95. The van der Waals surface area contributed by atoms with Crippen LogP contribution in [0.15, 0.2) is 28.8 Å². The molecule has 1 aromatic heterocycles. The highest BCUT2D eigenvalue weighted by molar-refractivity contribution is 5.44. The molecule has 5 nitrogen and oxygen atoms in total. The van der Waals surface area contributed by atoms with Gasteiger partial charge in [-0.1, -0.05) is 0 Å². The van der Waals surface area contributed by atoms with Crippen molar-refractivity contribution in [2.75, 3.05) is 6.61 Å². The van der Waals surface area contributed by atoms with E-state index in [1.165, 1.54) is 0 Å². The Morgan fingerprint density at radius 3 is 3.17 bits per heavy atom. The van der Waals surface area contributed by atoms with Gasteiger partial charge in [0.1, 0.15) is 23.9 Å². The first-order valence-electron chi connectivity index (χ1n) is 5.83. The van der Waals surface area contributed by atoms with Crippen molar-refractivity contribution in [3.8, 4) is 11.5 Å². The van der Waals surface area contributed by atoms with Crippen molar-refractivity contribution in [2.45, 2.75) is 19.5 Å². The smallest absolute Gasteiger partial charge is 0.208 e. The fourth-order valence-electron chi connectivity index (χ4n) is 2.06. The third kappa shape index (κ3) is 2.04. The summed E-state index contributed by atoms with van der Waals surface area (Å²) in [6.07, 6.45) is 1.70. The summed E-state index contributed by atoms with van der Waals surface area (Å²) in [6, 6.07) is 5.27. The molecule has 1 atom stereocenters. The lowest BCUT2D eigenvalue weighted by molar-refractivity contribution is 0.304. The fraction of sp³-hybridized carbons (Fsp3) is 0.308. The van der Waals surface area contributed by atoms with E-state index in [1.807, 2.05) is 13.0 Å². The molecule has 2 heterocycles. The summed E-state index contributed by atoms with van der Waals surface area (Å²) in [7, 11) is 0. The van der Waals surface area contributed by atoms with Crippen molar-refractivity contribution >= 4 is 0 Å². The SMILES string of the molecule is Cc1cnc(CNC2COc3cc(O)ccc32)o1. The maximum absolute atomic E-state index is 9.37. The molecule has 0 aliphatic carbocycles. The summed E-state index contributed by atoms with van der Waals surface area (Å²) < 4.78 is 10.9. The highest BCUT2D eigenvalue weighted by atomic mass is 16.5. The molecule has 1 aliphatic heterocycles. The minimum Gasteiger partial charge on any atom is -0.508 e. The van der Waals surface area contributed by atoms with Gasteiger partial charge in [0.25, 0.3) is 0 Å². The molecule has 0 saturated heterocycles. The monoisotopic (exact) mass is 246 g/mol. The second-order valence-corrected chi connectivity index (χ2v) is 4.33. The van der Waals surface area contributed by atoms with Crippen molar-refractivity contribution in [3.05, 3.63) is 41.6 Å².